The van der Waals surface area contributed by atoms with Crippen LogP contribution in [0.1, 0.15) is 44.1 Å². The molecule has 0 spiro atoms. The maximum absolute atomic E-state index is 12.4. The SMILES string of the molecule is CCCC(=O)[C@H]1C(=O)C[C@@H](c2ccccc2)CC1=NC. The van der Waals surface area contributed by atoms with Crippen molar-refractivity contribution >= 4 is 17.3 Å². The van der Waals surface area contributed by atoms with Crippen molar-refractivity contribution in [1.82, 2.24) is 0 Å². The smallest absolute Gasteiger partial charge is 0.149 e. The summed E-state index contributed by atoms with van der Waals surface area (Å²) in [6.45, 7) is 1.96. The summed E-state index contributed by atoms with van der Waals surface area (Å²) >= 11 is 0. The highest BCUT2D eigenvalue weighted by Crippen LogP contribution is 2.33. The molecule has 3 nitrogen and oxygen atoms in total. The van der Waals surface area contributed by atoms with Gasteiger partial charge in [0.1, 0.15) is 17.5 Å². The average Bonchev–Trinajstić information content (AvgIpc) is 2.47. The Bertz CT molecular complexity index is 519. The third-order valence-electron chi connectivity index (χ3n) is 3.93. The van der Waals surface area contributed by atoms with Crippen LogP contribution in [0.4, 0.5) is 0 Å². The van der Waals surface area contributed by atoms with E-state index < -0.39 is 5.92 Å². The number of nitrogens with zero attached hydrogens (tertiary/aromatic N) is 1. The standard InChI is InChI=1S/C17H21NO2/c1-3-7-15(19)17-14(18-2)10-13(11-16(17)20)12-8-5-4-6-9-12/h4-6,8-9,13,17H,3,7,10-11H2,1-2H3/t13-,17-/m0/s1. The van der Waals surface area contributed by atoms with E-state index in [-0.39, 0.29) is 17.5 Å². The van der Waals surface area contributed by atoms with Crippen LogP contribution >= 0.6 is 0 Å². The molecule has 0 bridgehead atoms. The van der Waals surface area contributed by atoms with Crippen molar-refractivity contribution in [2.75, 3.05) is 7.05 Å². The minimum atomic E-state index is -0.583. The number of rotatable bonds is 4. The topological polar surface area (TPSA) is 46.5 Å². The molecular weight excluding hydrogens is 250 g/mol. The summed E-state index contributed by atoms with van der Waals surface area (Å²) in [5, 5.41) is 0. The summed E-state index contributed by atoms with van der Waals surface area (Å²) in [6.07, 6.45) is 2.41. The zero-order valence-electron chi connectivity index (χ0n) is 12.1. The molecule has 1 saturated carbocycles. The van der Waals surface area contributed by atoms with Gasteiger partial charge in [-0.1, -0.05) is 37.3 Å². The number of carbonyl (C=O) groups is 2. The molecule has 1 aliphatic carbocycles. The first-order chi connectivity index (χ1) is 9.67. The summed E-state index contributed by atoms with van der Waals surface area (Å²) < 4.78 is 0. The molecule has 1 aliphatic rings. The maximum Gasteiger partial charge on any atom is 0.149 e. The number of ketones is 2. The Morgan fingerprint density at radius 2 is 1.95 bits per heavy atom. The predicted molar refractivity (Wildman–Crippen MR) is 80.2 cm³/mol. The van der Waals surface area contributed by atoms with Crippen LogP contribution in [0, 0.1) is 5.92 Å². The molecule has 0 aliphatic heterocycles. The Hall–Kier alpha value is -1.77. The first-order valence-corrected chi connectivity index (χ1v) is 7.23. The van der Waals surface area contributed by atoms with E-state index in [0.29, 0.717) is 19.3 Å². The van der Waals surface area contributed by atoms with Crippen molar-refractivity contribution in [1.29, 1.82) is 0 Å². The number of benzene rings is 1. The lowest BCUT2D eigenvalue weighted by Crippen LogP contribution is -2.38. The van der Waals surface area contributed by atoms with E-state index in [9.17, 15) is 9.59 Å². The van der Waals surface area contributed by atoms with Crippen LogP contribution in [0.5, 0.6) is 0 Å². The fourth-order valence-electron chi connectivity index (χ4n) is 2.93. The fraction of sp³-hybridized carbons (Fsp3) is 0.471. The number of hydrogen-bond donors (Lipinski definition) is 0. The van der Waals surface area contributed by atoms with E-state index in [1.165, 1.54) is 0 Å². The quantitative estimate of drug-likeness (QED) is 0.789. The van der Waals surface area contributed by atoms with E-state index >= 15 is 0 Å². The highest BCUT2D eigenvalue weighted by atomic mass is 16.2. The first kappa shape index (κ1) is 14.6. The van der Waals surface area contributed by atoms with E-state index in [2.05, 4.69) is 4.99 Å². The highest BCUT2D eigenvalue weighted by Gasteiger charge is 2.37. The predicted octanol–water partition coefficient (Wildman–Crippen LogP) is 3.19. The van der Waals surface area contributed by atoms with Gasteiger partial charge >= 0.3 is 0 Å². The third kappa shape index (κ3) is 3.03. The summed E-state index contributed by atoms with van der Waals surface area (Å²) in [5.74, 6) is -0.359. The van der Waals surface area contributed by atoms with E-state index in [4.69, 9.17) is 0 Å². The van der Waals surface area contributed by atoms with Crippen molar-refractivity contribution < 1.29 is 9.59 Å². The van der Waals surface area contributed by atoms with Crippen molar-refractivity contribution in [3.05, 3.63) is 35.9 Å². The van der Waals surface area contributed by atoms with Crippen LogP contribution in [0.15, 0.2) is 35.3 Å². The van der Waals surface area contributed by atoms with Crippen LogP contribution in [0.25, 0.3) is 0 Å². The second-order valence-electron chi connectivity index (χ2n) is 5.35. The lowest BCUT2D eigenvalue weighted by Gasteiger charge is -2.28. The second kappa shape index (κ2) is 6.60. The lowest BCUT2D eigenvalue weighted by molar-refractivity contribution is -0.130. The molecule has 0 unspecified atom stereocenters. The molecule has 106 valence electrons. The van der Waals surface area contributed by atoms with Gasteiger partial charge in [0.25, 0.3) is 0 Å². The summed E-state index contributed by atoms with van der Waals surface area (Å²) in [4.78, 5) is 28.7. The van der Waals surface area contributed by atoms with E-state index in [0.717, 1.165) is 17.7 Å². The number of hydrogen-bond acceptors (Lipinski definition) is 3. The molecule has 0 amide bonds. The summed E-state index contributed by atoms with van der Waals surface area (Å²) in [6, 6.07) is 10.0. The molecule has 2 rings (SSSR count). The average molecular weight is 271 g/mol. The summed E-state index contributed by atoms with van der Waals surface area (Å²) in [7, 11) is 1.68. The highest BCUT2D eigenvalue weighted by molar-refractivity contribution is 6.22. The second-order valence-corrected chi connectivity index (χ2v) is 5.35. The molecule has 2 atom stereocenters. The molecule has 1 fully saturated rings. The van der Waals surface area contributed by atoms with Crippen molar-refractivity contribution in [3.63, 3.8) is 0 Å². The Labute approximate surface area is 120 Å². The van der Waals surface area contributed by atoms with Gasteiger partial charge in [-0.25, -0.2) is 0 Å². The van der Waals surface area contributed by atoms with Gasteiger partial charge in [0, 0.05) is 25.6 Å². The first-order valence-electron chi connectivity index (χ1n) is 7.23. The van der Waals surface area contributed by atoms with Gasteiger partial charge in [0.2, 0.25) is 0 Å². The molecule has 0 N–H and O–H groups in total. The summed E-state index contributed by atoms with van der Waals surface area (Å²) in [5.41, 5.74) is 1.91. The van der Waals surface area contributed by atoms with Gasteiger partial charge in [-0.15, -0.1) is 0 Å². The molecule has 20 heavy (non-hydrogen) atoms. The normalized spacial score (nSPS) is 24.9. The Kier molecular flexibility index (Phi) is 4.83. The number of carbonyl (C=O) groups excluding carboxylic acids is 2. The van der Waals surface area contributed by atoms with Gasteiger partial charge in [-0.05, 0) is 24.3 Å². The van der Waals surface area contributed by atoms with Gasteiger partial charge in [0.05, 0.1) is 0 Å². The molecule has 0 heterocycles. The minimum absolute atomic E-state index is 0.0316. The van der Waals surface area contributed by atoms with Gasteiger partial charge in [-0.2, -0.15) is 0 Å². The van der Waals surface area contributed by atoms with Gasteiger partial charge in [-0.3, -0.25) is 14.6 Å². The number of aliphatic imine (C=N–C) groups is 1. The largest absolute Gasteiger partial charge is 0.298 e. The van der Waals surface area contributed by atoms with Gasteiger partial charge < -0.3 is 0 Å². The van der Waals surface area contributed by atoms with Gasteiger partial charge in [0.15, 0.2) is 0 Å². The molecular formula is C17H21NO2. The van der Waals surface area contributed by atoms with E-state index in [1.807, 2.05) is 37.3 Å². The Balaban J connectivity index is 2.21. The van der Waals surface area contributed by atoms with Crippen LogP contribution in [0.3, 0.4) is 0 Å². The third-order valence-corrected chi connectivity index (χ3v) is 3.93. The number of Topliss-reactive ketones (excluding diaryl/α,β-unsaturated/α-hetero) is 2. The van der Waals surface area contributed by atoms with Crippen molar-refractivity contribution in [2.45, 2.75) is 38.5 Å². The Morgan fingerprint density at radius 3 is 2.55 bits per heavy atom. The van der Waals surface area contributed by atoms with Crippen LogP contribution in [-0.4, -0.2) is 24.3 Å². The van der Waals surface area contributed by atoms with Crippen LogP contribution < -0.4 is 0 Å². The van der Waals surface area contributed by atoms with Crippen molar-refractivity contribution in [3.8, 4) is 0 Å². The molecule has 0 aromatic heterocycles. The Morgan fingerprint density at radius 1 is 1.25 bits per heavy atom. The van der Waals surface area contributed by atoms with E-state index in [1.54, 1.807) is 7.05 Å². The lowest BCUT2D eigenvalue weighted by atomic mass is 9.74. The maximum atomic E-state index is 12.4. The fourth-order valence-corrected chi connectivity index (χ4v) is 2.93. The zero-order chi connectivity index (χ0) is 14.5. The molecule has 0 saturated heterocycles. The monoisotopic (exact) mass is 271 g/mol. The van der Waals surface area contributed by atoms with Crippen molar-refractivity contribution in [2.24, 2.45) is 10.9 Å². The molecule has 1 aromatic rings. The molecule has 0 radical (unpaired) electrons. The van der Waals surface area contributed by atoms with Crippen LogP contribution in [0.2, 0.25) is 0 Å². The molecule has 3 heteroatoms. The minimum Gasteiger partial charge on any atom is -0.298 e. The molecule has 1 aromatic carbocycles. The zero-order valence-corrected chi connectivity index (χ0v) is 12.1. The van der Waals surface area contributed by atoms with Crippen LogP contribution in [-0.2, 0) is 9.59 Å².